The van der Waals surface area contributed by atoms with Gasteiger partial charge in [-0.3, -0.25) is 4.79 Å². The van der Waals surface area contributed by atoms with Gasteiger partial charge < -0.3 is 4.90 Å². The van der Waals surface area contributed by atoms with Crippen LogP contribution in [0.1, 0.15) is 44.2 Å². The highest BCUT2D eigenvalue weighted by Gasteiger charge is 2.44. The van der Waals surface area contributed by atoms with Crippen molar-refractivity contribution in [2.24, 2.45) is 5.92 Å². The monoisotopic (exact) mass is 279 g/mol. The minimum Gasteiger partial charge on any atom is -0.333 e. The van der Waals surface area contributed by atoms with Crippen molar-refractivity contribution in [3.8, 4) is 0 Å². The summed E-state index contributed by atoms with van der Waals surface area (Å²) < 4.78 is 0. The minimum atomic E-state index is 0.177. The van der Waals surface area contributed by atoms with E-state index < -0.39 is 0 Å². The summed E-state index contributed by atoms with van der Waals surface area (Å²) in [6.07, 6.45) is 4.46. The predicted octanol–water partition coefficient (Wildman–Crippen LogP) is 4.30. The number of carbonyl (C=O) groups is 1. The Labute approximate surface area is 125 Å². The molecule has 2 nitrogen and oxygen atoms in total. The fourth-order valence-corrected chi connectivity index (χ4v) is 4.40. The first-order valence-electron chi connectivity index (χ1n) is 8.04. The Balaban J connectivity index is 1.76. The molecule has 0 aromatic heterocycles. The van der Waals surface area contributed by atoms with Crippen LogP contribution in [0.15, 0.2) is 42.5 Å². The van der Waals surface area contributed by atoms with Crippen LogP contribution in [0.2, 0.25) is 0 Å². The van der Waals surface area contributed by atoms with Crippen LogP contribution in [0.5, 0.6) is 0 Å². The lowest BCUT2D eigenvalue weighted by Gasteiger charge is -2.31. The van der Waals surface area contributed by atoms with E-state index in [-0.39, 0.29) is 6.04 Å². The molecule has 2 aliphatic rings. The molecule has 21 heavy (non-hydrogen) atoms. The van der Waals surface area contributed by atoms with E-state index >= 15 is 0 Å². The number of rotatable bonds is 2. The zero-order chi connectivity index (χ0) is 14.4. The number of carbonyl (C=O) groups excluding carboxylic acids is 1. The molecule has 1 saturated heterocycles. The molecule has 2 fully saturated rings. The number of amides is 1. The van der Waals surface area contributed by atoms with Gasteiger partial charge in [-0.2, -0.15) is 0 Å². The van der Waals surface area contributed by atoms with Gasteiger partial charge in [-0.25, -0.2) is 0 Å². The molecule has 2 aromatic carbocycles. The number of benzene rings is 2. The maximum atomic E-state index is 12.5. The van der Waals surface area contributed by atoms with Crippen molar-refractivity contribution < 1.29 is 4.79 Å². The highest BCUT2D eigenvalue weighted by molar-refractivity contribution is 5.87. The van der Waals surface area contributed by atoms with Gasteiger partial charge in [-0.1, -0.05) is 48.9 Å². The average Bonchev–Trinajstić information content (AvgIpc) is 3.06. The molecule has 0 radical (unpaired) electrons. The topological polar surface area (TPSA) is 20.3 Å². The van der Waals surface area contributed by atoms with E-state index in [4.69, 9.17) is 0 Å². The number of hydrogen-bond acceptors (Lipinski definition) is 1. The van der Waals surface area contributed by atoms with Gasteiger partial charge in [0.15, 0.2) is 0 Å². The normalized spacial score (nSPS) is 26.3. The van der Waals surface area contributed by atoms with Gasteiger partial charge in [0.1, 0.15) is 0 Å². The summed E-state index contributed by atoms with van der Waals surface area (Å²) in [6.45, 7) is 2.19. The molecular weight excluding hydrogens is 258 g/mol. The van der Waals surface area contributed by atoms with Crippen LogP contribution < -0.4 is 0 Å². The predicted molar refractivity (Wildman–Crippen MR) is 85.0 cm³/mol. The van der Waals surface area contributed by atoms with Gasteiger partial charge in [-0.05, 0) is 42.0 Å². The molecule has 1 heterocycles. The quantitative estimate of drug-likeness (QED) is 0.802. The van der Waals surface area contributed by atoms with Crippen molar-refractivity contribution in [1.82, 2.24) is 4.90 Å². The second-order valence-electron chi connectivity index (χ2n) is 6.51. The lowest BCUT2D eigenvalue weighted by atomic mass is 9.97. The molecule has 2 aromatic rings. The van der Waals surface area contributed by atoms with Crippen molar-refractivity contribution in [3.63, 3.8) is 0 Å². The number of fused-ring (bicyclic) bond motifs is 2. The van der Waals surface area contributed by atoms with Crippen LogP contribution in [-0.2, 0) is 4.79 Å². The third-order valence-corrected chi connectivity index (χ3v) is 5.39. The highest BCUT2D eigenvalue weighted by Crippen LogP contribution is 2.43. The summed E-state index contributed by atoms with van der Waals surface area (Å²) in [5.41, 5.74) is 1.29. The average molecular weight is 279 g/mol. The molecule has 108 valence electrons. The van der Waals surface area contributed by atoms with Gasteiger partial charge in [0.2, 0.25) is 5.91 Å². The van der Waals surface area contributed by atoms with Crippen LogP contribution in [-0.4, -0.2) is 16.8 Å². The van der Waals surface area contributed by atoms with Gasteiger partial charge in [0.25, 0.3) is 0 Å². The first kappa shape index (κ1) is 12.9. The molecule has 3 atom stereocenters. The maximum absolute atomic E-state index is 12.5. The van der Waals surface area contributed by atoms with E-state index in [1.807, 2.05) is 0 Å². The smallest absolute Gasteiger partial charge is 0.223 e. The number of likely N-dealkylation sites (tertiary alicyclic amines) is 1. The Morgan fingerprint density at radius 3 is 2.81 bits per heavy atom. The summed E-state index contributed by atoms with van der Waals surface area (Å²) in [5, 5.41) is 2.54. The van der Waals surface area contributed by atoms with E-state index in [1.54, 1.807) is 0 Å². The summed E-state index contributed by atoms with van der Waals surface area (Å²) in [7, 11) is 0. The van der Waals surface area contributed by atoms with Crippen molar-refractivity contribution in [3.05, 3.63) is 48.0 Å². The lowest BCUT2D eigenvalue weighted by Crippen LogP contribution is -2.35. The van der Waals surface area contributed by atoms with Crippen LogP contribution >= 0.6 is 0 Å². The Kier molecular flexibility index (Phi) is 2.99. The Hall–Kier alpha value is -1.83. The van der Waals surface area contributed by atoms with Gasteiger partial charge in [-0.15, -0.1) is 0 Å². The minimum absolute atomic E-state index is 0.177. The molecule has 1 aliphatic heterocycles. The summed E-state index contributed by atoms with van der Waals surface area (Å²) in [4.78, 5) is 14.6. The zero-order valence-electron chi connectivity index (χ0n) is 12.5. The second kappa shape index (κ2) is 4.87. The molecule has 1 aliphatic carbocycles. The van der Waals surface area contributed by atoms with E-state index in [0.717, 1.165) is 6.42 Å². The molecule has 0 spiro atoms. The number of nitrogens with zero attached hydrogens (tertiary/aromatic N) is 1. The van der Waals surface area contributed by atoms with E-state index in [2.05, 4.69) is 54.3 Å². The van der Waals surface area contributed by atoms with E-state index in [0.29, 0.717) is 17.9 Å². The van der Waals surface area contributed by atoms with Crippen LogP contribution in [0.4, 0.5) is 0 Å². The fraction of sp³-hybridized carbons (Fsp3) is 0.421. The van der Waals surface area contributed by atoms with Gasteiger partial charge >= 0.3 is 0 Å². The van der Waals surface area contributed by atoms with Crippen LogP contribution in [0, 0.1) is 5.92 Å². The van der Waals surface area contributed by atoms with Crippen LogP contribution in [0.25, 0.3) is 10.8 Å². The molecule has 1 amide bonds. The lowest BCUT2D eigenvalue weighted by molar-refractivity contribution is -0.131. The molecule has 0 N–H and O–H groups in total. The fourth-order valence-electron chi connectivity index (χ4n) is 4.40. The molecule has 0 unspecified atom stereocenters. The van der Waals surface area contributed by atoms with Crippen molar-refractivity contribution in [2.75, 3.05) is 0 Å². The van der Waals surface area contributed by atoms with Crippen molar-refractivity contribution in [1.29, 1.82) is 0 Å². The third-order valence-electron chi connectivity index (χ3n) is 5.39. The Morgan fingerprint density at radius 2 is 1.90 bits per heavy atom. The largest absolute Gasteiger partial charge is 0.333 e. The highest BCUT2D eigenvalue weighted by atomic mass is 16.2. The van der Waals surface area contributed by atoms with Gasteiger partial charge in [0.05, 0.1) is 6.04 Å². The standard InChI is InChI=1S/C19H21NO/c1-13(20-18-11-5-8-15(18)12-19(20)21)16-10-4-7-14-6-2-3-9-17(14)16/h2-4,6-7,9-10,13,15,18H,5,8,11-12H2,1H3/t13-,15+,18+/m1/s1. The summed E-state index contributed by atoms with van der Waals surface area (Å²) in [6, 6.07) is 15.6. The summed E-state index contributed by atoms with van der Waals surface area (Å²) in [5.74, 6) is 0.958. The maximum Gasteiger partial charge on any atom is 0.223 e. The van der Waals surface area contributed by atoms with Gasteiger partial charge in [0, 0.05) is 12.5 Å². The Bertz CT molecular complexity index is 688. The first-order chi connectivity index (χ1) is 10.3. The molecule has 0 bridgehead atoms. The first-order valence-corrected chi connectivity index (χ1v) is 8.04. The van der Waals surface area contributed by atoms with Crippen LogP contribution in [0.3, 0.4) is 0 Å². The molecule has 2 heteroatoms. The van der Waals surface area contributed by atoms with Crippen molar-refractivity contribution >= 4 is 16.7 Å². The molecular formula is C19H21NO. The Morgan fingerprint density at radius 1 is 1.10 bits per heavy atom. The number of hydrogen-bond donors (Lipinski definition) is 0. The SMILES string of the molecule is C[C@H](c1cccc2ccccc12)N1C(=O)C[C@@H]2CCC[C@@H]21. The van der Waals surface area contributed by atoms with E-state index in [9.17, 15) is 4.79 Å². The third kappa shape index (κ3) is 1.97. The molecule has 4 rings (SSSR count). The second-order valence-corrected chi connectivity index (χ2v) is 6.51. The van der Waals surface area contributed by atoms with Crippen molar-refractivity contribution in [2.45, 2.75) is 44.7 Å². The van der Waals surface area contributed by atoms with E-state index in [1.165, 1.54) is 35.6 Å². The molecule has 1 saturated carbocycles. The summed E-state index contributed by atoms with van der Waals surface area (Å²) >= 11 is 0. The zero-order valence-corrected chi connectivity index (χ0v) is 12.5.